The highest BCUT2D eigenvalue weighted by Gasteiger charge is 2.38. The van der Waals surface area contributed by atoms with E-state index in [-0.39, 0.29) is 12.2 Å². The molecule has 108 valence electrons. The van der Waals surface area contributed by atoms with Crippen LogP contribution in [0.25, 0.3) is 0 Å². The molecule has 1 aliphatic rings. The van der Waals surface area contributed by atoms with Gasteiger partial charge in [-0.15, -0.1) is 0 Å². The van der Waals surface area contributed by atoms with Gasteiger partial charge in [0.25, 0.3) is 5.91 Å². The molecule has 20 heavy (non-hydrogen) atoms. The predicted octanol–water partition coefficient (Wildman–Crippen LogP) is 0.855. The number of nitrogens with zero attached hydrogens (tertiary/aromatic N) is 1. The van der Waals surface area contributed by atoms with Crippen LogP contribution >= 0.6 is 0 Å². The third kappa shape index (κ3) is 3.16. The number of nitrogens with one attached hydrogen (secondary N) is 1. The Hall–Kier alpha value is -1.89. The third-order valence-corrected chi connectivity index (χ3v) is 4.07. The number of hydrogen-bond acceptors (Lipinski definition) is 4. The van der Waals surface area contributed by atoms with Crippen molar-refractivity contribution in [1.29, 1.82) is 0 Å². The van der Waals surface area contributed by atoms with E-state index in [4.69, 9.17) is 0 Å². The minimum absolute atomic E-state index is 0.0891. The number of carbonyl (C=O) groups excluding carboxylic acids is 2. The number of carbonyl (C=O) groups is 2. The first-order chi connectivity index (χ1) is 9.28. The molecule has 0 aliphatic carbocycles. The van der Waals surface area contributed by atoms with E-state index in [0.29, 0.717) is 5.69 Å². The van der Waals surface area contributed by atoms with Gasteiger partial charge in [-0.2, -0.15) is 0 Å². The molecule has 0 saturated carbocycles. The molecule has 1 heterocycles. The maximum atomic E-state index is 12.2. The van der Waals surface area contributed by atoms with E-state index in [0.717, 1.165) is 16.7 Å². The van der Waals surface area contributed by atoms with Crippen molar-refractivity contribution in [3.63, 3.8) is 0 Å². The van der Waals surface area contributed by atoms with Gasteiger partial charge in [0, 0.05) is 6.26 Å². The van der Waals surface area contributed by atoms with Gasteiger partial charge in [0.2, 0.25) is 0 Å². The lowest BCUT2D eigenvalue weighted by Gasteiger charge is -2.13. The zero-order valence-electron chi connectivity index (χ0n) is 11.3. The fourth-order valence-electron chi connectivity index (χ4n) is 2.00. The third-order valence-electron chi connectivity index (χ3n) is 3.09. The molecule has 1 fully saturated rings. The SMILES string of the molecule is Cc1ccc(N2C(=O)NC(CCS(C)(=O)=O)C2=O)cc1. The van der Waals surface area contributed by atoms with Crippen LogP contribution in [-0.2, 0) is 14.6 Å². The van der Waals surface area contributed by atoms with Crippen LogP contribution in [0, 0.1) is 6.92 Å². The Kier molecular flexibility index (Phi) is 3.80. The van der Waals surface area contributed by atoms with E-state index in [2.05, 4.69) is 5.32 Å². The first-order valence-corrected chi connectivity index (χ1v) is 8.23. The van der Waals surface area contributed by atoms with Crippen LogP contribution in [0.2, 0.25) is 0 Å². The van der Waals surface area contributed by atoms with Crippen LogP contribution in [0.3, 0.4) is 0 Å². The molecule has 1 unspecified atom stereocenters. The number of anilines is 1. The van der Waals surface area contributed by atoms with Crippen LogP contribution in [-0.4, -0.2) is 38.4 Å². The standard InChI is InChI=1S/C13H16N2O4S/c1-9-3-5-10(6-4-9)15-12(16)11(14-13(15)17)7-8-20(2,18)19/h3-6,11H,7-8H2,1-2H3,(H,14,17). The first kappa shape index (κ1) is 14.5. The van der Waals surface area contributed by atoms with E-state index in [9.17, 15) is 18.0 Å². The van der Waals surface area contributed by atoms with Gasteiger partial charge >= 0.3 is 6.03 Å². The van der Waals surface area contributed by atoms with Gasteiger partial charge in [0.1, 0.15) is 15.9 Å². The zero-order chi connectivity index (χ0) is 14.9. The smallest absolute Gasteiger partial charge is 0.325 e. The van der Waals surface area contributed by atoms with Crippen molar-refractivity contribution in [3.8, 4) is 0 Å². The lowest BCUT2D eigenvalue weighted by Crippen LogP contribution is -2.32. The summed E-state index contributed by atoms with van der Waals surface area (Å²) in [6.45, 7) is 1.91. The number of urea groups is 1. The highest BCUT2D eigenvalue weighted by molar-refractivity contribution is 7.90. The Balaban J connectivity index is 2.15. The molecule has 1 aromatic carbocycles. The van der Waals surface area contributed by atoms with Crippen molar-refractivity contribution in [1.82, 2.24) is 5.32 Å². The predicted molar refractivity (Wildman–Crippen MR) is 75.3 cm³/mol. The summed E-state index contributed by atoms with van der Waals surface area (Å²) in [5.74, 6) is -0.548. The molecule has 6 nitrogen and oxygen atoms in total. The summed E-state index contributed by atoms with van der Waals surface area (Å²) in [5, 5.41) is 2.51. The Labute approximate surface area is 117 Å². The second kappa shape index (κ2) is 5.24. The molecule has 3 amide bonds. The minimum Gasteiger partial charge on any atom is -0.325 e. The molecule has 0 aromatic heterocycles. The van der Waals surface area contributed by atoms with Crippen molar-refractivity contribution in [2.45, 2.75) is 19.4 Å². The van der Waals surface area contributed by atoms with E-state index in [1.807, 2.05) is 6.92 Å². The topological polar surface area (TPSA) is 83.6 Å². The van der Waals surface area contributed by atoms with Crippen LogP contribution in [0.1, 0.15) is 12.0 Å². The maximum Gasteiger partial charge on any atom is 0.329 e. The van der Waals surface area contributed by atoms with E-state index >= 15 is 0 Å². The number of hydrogen-bond donors (Lipinski definition) is 1. The van der Waals surface area contributed by atoms with Gasteiger partial charge in [-0.3, -0.25) is 4.79 Å². The number of imide groups is 1. The van der Waals surface area contributed by atoms with Crippen molar-refractivity contribution >= 4 is 27.5 Å². The Morgan fingerprint density at radius 1 is 1.20 bits per heavy atom. The molecule has 7 heteroatoms. The number of rotatable bonds is 4. The second-order valence-electron chi connectivity index (χ2n) is 4.93. The van der Waals surface area contributed by atoms with Crippen molar-refractivity contribution < 1.29 is 18.0 Å². The van der Waals surface area contributed by atoms with Gasteiger partial charge in [0.15, 0.2) is 0 Å². The van der Waals surface area contributed by atoms with Crippen LogP contribution in [0.15, 0.2) is 24.3 Å². The Morgan fingerprint density at radius 3 is 2.35 bits per heavy atom. The maximum absolute atomic E-state index is 12.2. The lowest BCUT2D eigenvalue weighted by molar-refractivity contribution is -0.118. The highest BCUT2D eigenvalue weighted by atomic mass is 32.2. The van der Waals surface area contributed by atoms with Gasteiger partial charge in [0.05, 0.1) is 11.4 Å². The molecule has 1 N–H and O–H groups in total. The molecule has 1 saturated heterocycles. The first-order valence-electron chi connectivity index (χ1n) is 6.17. The largest absolute Gasteiger partial charge is 0.329 e. The molecule has 0 spiro atoms. The van der Waals surface area contributed by atoms with E-state index in [1.54, 1.807) is 24.3 Å². The summed E-state index contributed by atoms with van der Waals surface area (Å²) in [5.41, 5.74) is 1.51. The quantitative estimate of drug-likeness (QED) is 0.835. The van der Waals surface area contributed by atoms with Gasteiger partial charge in [-0.25, -0.2) is 18.1 Å². The average molecular weight is 296 g/mol. The molecule has 1 aromatic rings. The Morgan fingerprint density at radius 2 is 1.80 bits per heavy atom. The summed E-state index contributed by atoms with van der Waals surface area (Å²) in [6.07, 6.45) is 1.19. The van der Waals surface area contributed by atoms with Gasteiger partial charge < -0.3 is 5.32 Å². The molecule has 1 aliphatic heterocycles. The van der Waals surface area contributed by atoms with Crippen LogP contribution in [0.5, 0.6) is 0 Å². The van der Waals surface area contributed by atoms with Crippen LogP contribution in [0.4, 0.5) is 10.5 Å². The summed E-state index contributed by atoms with van der Waals surface area (Å²) >= 11 is 0. The molecule has 0 bridgehead atoms. The van der Waals surface area contributed by atoms with Crippen molar-refractivity contribution in [2.24, 2.45) is 0 Å². The fourth-order valence-corrected chi connectivity index (χ4v) is 2.66. The van der Waals surface area contributed by atoms with Crippen molar-refractivity contribution in [3.05, 3.63) is 29.8 Å². The second-order valence-corrected chi connectivity index (χ2v) is 7.19. The van der Waals surface area contributed by atoms with E-state index < -0.39 is 27.8 Å². The Bertz CT molecular complexity index is 637. The average Bonchev–Trinajstić information content (AvgIpc) is 2.63. The lowest BCUT2D eigenvalue weighted by atomic mass is 10.2. The molecule has 1 atom stereocenters. The normalized spacial score (nSPS) is 19.3. The summed E-state index contributed by atoms with van der Waals surface area (Å²) < 4.78 is 22.3. The summed E-state index contributed by atoms with van der Waals surface area (Å²) in [6, 6.07) is 5.69. The molecular weight excluding hydrogens is 280 g/mol. The molecule has 2 rings (SSSR count). The van der Waals surface area contributed by atoms with E-state index in [1.165, 1.54) is 0 Å². The molecule has 0 radical (unpaired) electrons. The van der Waals surface area contributed by atoms with Crippen LogP contribution < -0.4 is 10.2 Å². The highest BCUT2D eigenvalue weighted by Crippen LogP contribution is 2.21. The summed E-state index contributed by atoms with van der Waals surface area (Å²) in [7, 11) is -3.16. The number of aryl methyl sites for hydroxylation is 1. The fraction of sp³-hybridized carbons (Fsp3) is 0.385. The number of benzene rings is 1. The zero-order valence-corrected chi connectivity index (χ0v) is 12.1. The van der Waals surface area contributed by atoms with Gasteiger partial charge in [-0.1, -0.05) is 17.7 Å². The van der Waals surface area contributed by atoms with Crippen molar-refractivity contribution in [2.75, 3.05) is 16.9 Å². The summed E-state index contributed by atoms with van der Waals surface area (Å²) in [4.78, 5) is 25.1. The minimum atomic E-state index is -3.16. The molecular formula is C13H16N2O4S. The number of amides is 3. The number of sulfone groups is 1. The van der Waals surface area contributed by atoms with Gasteiger partial charge in [-0.05, 0) is 25.5 Å². The monoisotopic (exact) mass is 296 g/mol.